The molecule has 0 aliphatic carbocycles. The molecular formula is C5H4F5NO2. The lowest BCUT2D eigenvalue weighted by Gasteiger charge is -2.13. The molecule has 13 heavy (non-hydrogen) atoms. The number of aliphatic carboxylic acids is 1. The van der Waals surface area contributed by atoms with Crippen molar-refractivity contribution in [3.8, 4) is 6.07 Å². The van der Waals surface area contributed by atoms with E-state index in [1.807, 2.05) is 0 Å². The van der Waals surface area contributed by atoms with Crippen LogP contribution in [-0.4, -0.2) is 23.2 Å². The molecule has 1 N–H and O–H groups in total. The highest BCUT2D eigenvalue weighted by molar-refractivity contribution is 5.76. The highest BCUT2D eigenvalue weighted by Gasteiger charge is 2.64. The van der Waals surface area contributed by atoms with Gasteiger partial charge in [0.25, 0.3) is 0 Å². The van der Waals surface area contributed by atoms with Gasteiger partial charge < -0.3 is 5.11 Å². The lowest BCUT2D eigenvalue weighted by molar-refractivity contribution is -0.277. The average molecular weight is 205 g/mol. The maximum absolute atomic E-state index is 11.3. The van der Waals surface area contributed by atoms with E-state index in [1.54, 1.807) is 6.07 Å². The third kappa shape index (κ3) is 4.25. The molecule has 0 aromatic carbocycles. The van der Waals surface area contributed by atoms with Crippen LogP contribution < -0.4 is 0 Å². The van der Waals surface area contributed by atoms with Crippen LogP contribution in [-0.2, 0) is 4.79 Å². The van der Waals surface area contributed by atoms with Gasteiger partial charge in [-0.15, -0.1) is 0 Å². The second kappa shape index (κ2) is 4.59. The van der Waals surface area contributed by atoms with Gasteiger partial charge in [0.1, 0.15) is 0 Å². The zero-order chi connectivity index (χ0) is 11.3. The SMILES string of the molecule is CC#N.O=C(O)C(F)(F)C(F)(F)F. The molecule has 76 valence electrons. The summed E-state index contributed by atoms with van der Waals surface area (Å²) >= 11 is 0. The number of hydrogen-bond donors (Lipinski definition) is 1. The van der Waals surface area contributed by atoms with Crippen molar-refractivity contribution in [2.24, 2.45) is 0 Å². The Kier molecular flexibility index (Phi) is 5.00. The predicted molar refractivity (Wildman–Crippen MR) is 29.9 cm³/mol. The van der Waals surface area contributed by atoms with Gasteiger partial charge in [-0.25, -0.2) is 4.79 Å². The fourth-order valence-corrected chi connectivity index (χ4v) is 0.121. The normalized spacial score (nSPS) is 10.8. The standard InChI is InChI=1S/C3HF5O2.C2H3N/c4-2(5,1(9)10)3(6,7)8;1-2-3/h(H,9,10);1H3. The van der Waals surface area contributed by atoms with Gasteiger partial charge in [0.2, 0.25) is 0 Å². The fraction of sp³-hybridized carbons (Fsp3) is 0.600. The minimum absolute atomic E-state index is 1.43. The van der Waals surface area contributed by atoms with E-state index in [0.717, 1.165) is 0 Å². The molecule has 0 saturated carbocycles. The maximum atomic E-state index is 11.3. The number of halogens is 5. The third-order valence-electron chi connectivity index (χ3n) is 0.625. The van der Waals surface area contributed by atoms with Gasteiger partial charge in [-0.1, -0.05) is 0 Å². The molecule has 0 heterocycles. The molecular weight excluding hydrogens is 201 g/mol. The van der Waals surface area contributed by atoms with Crippen LogP contribution in [0.1, 0.15) is 6.92 Å². The molecule has 0 bridgehead atoms. The van der Waals surface area contributed by atoms with Crippen LogP contribution in [0.5, 0.6) is 0 Å². The molecule has 0 spiro atoms. The number of rotatable bonds is 1. The van der Waals surface area contributed by atoms with Crippen LogP contribution in [0.15, 0.2) is 0 Å². The maximum Gasteiger partial charge on any atom is 0.465 e. The predicted octanol–water partition coefficient (Wildman–Crippen LogP) is 1.80. The molecule has 0 aliphatic heterocycles. The van der Waals surface area contributed by atoms with Crippen molar-refractivity contribution in [3.05, 3.63) is 0 Å². The van der Waals surface area contributed by atoms with Crippen LogP contribution in [0.25, 0.3) is 0 Å². The van der Waals surface area contributed by atoms with Crippen molar-refractivity contribution in [2.45, 2.75) is 19.0 Å². The van der Waals surface area contributed by atoms with E-state index in [9.17, 15) is 26.7 Å². The summed E-state index contributed by atoms with van der Waals surface area (Å²) in [6.45, 7) is 1.43. The van der Waals surface area contributed by atoms with Crippen LogP contribution in [0.4, 0.5) is 22.0 Å². The number of carboxylic acid groups (broad SMARTS) is 1. The molecule has 0 aromatic rings. The Morgan fingerprint density at radius 1 is 1.31 bits per heavy atom. The van der Waals surface area contributed by atoms with Gasteiger partial charge in [0.15, 0.2) is 0 Å². The molecule has 0 rings (SSSR count). The van der Waals surface area contributed by atoms with Crippen molar-refractivity contribution in [1.82, 2.24) is 0 Å². The van der Waals surface area contributed by atoms with E-state index in [0.29, 0.717) is 0 Å². The van der Waals surface area contributed by atoms with Gasteiger partial charge in [0.05, 0.1) is 6.07 Å². The summed E-state index contributed by atoms with van der Waals surface area (Å²) < 4.78 is 55.5. The summed E-state index contributed by atoms with van der Waals surface area (Å²) in [6.07, 6.45) is -6.02. The number of nitriles is 1. The van der Waals surface area contributed by atoms with Gasteiger partial charge in [-0.05, 0) is 0 Å². The Labute approximate surface area is 69.4 Å². The van der Waals surface area contributed by atoms with Gasteiger partial charge in [-0.3, -0.25) is 0 Å². The van der Waals surface area contributed by atoms with Gasteiger partial charge >= 0.3 is 18.1 Å². The number of nitrogens with zero attached hydrogens (tertiary/aromatic N) is 1. The summed E-state index contributed by atoms with van der Waals surface area (Å²) in [5.74, 6) is -8.84. The van der Waals surface area contributed by atoms with E-state index in [4.69, 9.17) is 10.4 Å². The first kappa shape index (κ1) is 14.2. The van der Waals surface area contributed by atoms with E-state index >= 15 is 0 Å². The Hall–Kier alpha value is -1.39. The van der Waals surface area contributed by atoms with Crippen molar-refractivity contribution in [1.29, 1.82) is 5.26 Å². The van der Waals surface area contributed by atoms with Crippen molar-refractivity contribution in [2.75, 3.05) is 0 Å². The lowest BCUT2D eigenvalue weighted by Crippen LogP contribution is -2.43. The molecule has 0 atom stereocenters. The highest BCUT2D eigenvalue weighted by atomic mass is 19.4. The smallest absolute Gasteiger partial charge is 0.465 e. The largest absolute Gasteiger partial charge is 0.477 e. The molecule has 0 unspecified atom stereocenters. The zero-order valence-electron chi connectivity index (χ0n) is 6.19. The molecule has 8 heteroatoms. The first-order valence-corrected chi connectivity index (χ1v) is 2.60. The van der Waals surface area contributed by atoms with Crippen LogP contribution in [0.3, 0.4) is 0 Å². The topological polar surface area (TPSA) is 61.1 Å². The van der Waals surface area contributed by atoms with Crippen LogP contribution in [0, 0.1) is 11.3 Å². The molecule has 0 saturated heterocycles. The van der Waals surface area contributed by atoms with E-state index in [2.05, 4.69) is 0 Å². The minimum Gasteiger partial charge on any atom is -0.477 e. The van der Waals surface area contributed by atoms with Crippen molar-refractivity contribution in [3.63, 3.8) is 0 Å². The van der Waals surface area contributed by atoms with Crippen molar-refractivity contribution >= 4 is 5.97 Å². The van der Waals surface area contributed by atoms with E-state index in [-0.39, 0.29) is 0 Å². The molecule has 0 fully saturated rings. The molecule has 0 aromatic heterocycles. The fourth-order valence-electron chi connectivity index (χ4n) is 0.121. The van der Waals surface area contributed by atoms with Gasteiger partial charge in [0, 0.05) is 6.92 Å². The molecule has 3 nitrogen and oxygen atoms in total. The number of alkyl halides is 5. The first-order chi connectivity index (χ1) is 5.61. The summed E-state index contributed by atoms with van der Waals surface area (Å²) in [4.78, 5) is 9.20. The number of carboxylic acids is 1. The second-order valence-electron chi connectivity index (χ2n) is 1.60. The summed E-state index contributed by atoms with van der Waals surface area (Å²) in [7, 11) is 0. The summed E-state index contributed by atoms with van der Waals surface area (Å²) in [5, 5.41) is 14.6. The molecule has 0 radical (unpaired) electrons. The minimum atomic E-state index is -6.02. The third-order valence-corrected chi connectivity index (χ3v) is 0.625. The van der Waals surface area contributed by atoms with E-state index < -0.39 is 18.1 Å². The Morgan fingerprint density at radius 2 is 1.54 bits per heavy atom. The quantitative estimate of drug-likeness (QED) is 0.664. The Balaban J connectivity index is 0. The summed E-state index contributed by atoms with van der Waals surface area (Å²) in [6, 6.07) is 1.75. The second-order valence-corrected chi connectivity index (χ2v) is 1.60. The van der Waals surface area contributed by atoms with Crippen molar-refractivity contribution < 1.29 is 31.9 Å². The summed E-state index contributed by atoms with van der Waals surface area (Å²) in [5.41, 5.74) is 0. The first-order valence-electron chi connectivity index (χ1n) is 2.60. The van der Waals surface area contributed by atoms with E-state index in [1.165, 1.54) is 6.92 Å². The highest BCUT2D eigenvalue weighted by Crippen LogP contribution is 2.35. The number of hydrogen-bond acceptors (Lipinski definition) is 2. The average Bonchev–Trinajstić information content (AvgIpc) is 1.86. The number of carbonyl (C=O) groups is 1. The lowest BCUT2D eigenvalue weighted by atomic mass is 10.3. The van der Waals surface area contributed by atoms with Gasteiger partial charge in [-0.2, -0.15) is 27.2 Å². The monoisotopic (exact) mass is 205 g/mol. The Bertz CT molecular complexity index is 216. The molecule has 0 amide bonds. The van der Waals surface area contributed by atoms with Crippen LogP contribution >= 0.6 is 0 Å². The zero-order valence-corrected chi connectivity index (χ0v) is 6.19. The van der Waals surface area contributed by atoms with Crippen LogP contribution in [0.2, 0.25) is 0 Å². The Morgan fingerprint density at radius 3 is 1.54 bits per heavy atom. The molecule has 0 aliphatic rings.